The SMILES string of the molecule is O=C1NCCc2cc(Br)c(O)c(c2)Oc2c(Br)cc(cc2Br)[C@H](O)CNC(=O)/C(=N\O)Cc2cc(Br)c(O)c(c2)Oc2ccc(cc2Br)C/C1=N/O. The largest absolute Gasteiger partial charge is 0.503 e. The van der Waals surface area contributed by atoms with Gasteiger partial charge in [-0.05, 0) is 157 Å². The average Bonchev–Trinajstić information content (AvgIpc) is 3.10. The molecule has 4 heterocycles. The van der Waals surface area contributed by atoms with Crippen molar-refractivity contribution in [2.45, 2.75) is 25.4 Å². The summed E-state index contributed by atoms with van der Waals surface area (Å²) in [6.07, 6.45) is -1.07. The smallest absolute Gasteiger partial charge is 0.269 e. The van der Waals surface area contributed by atoms with E-state index in [1.807, 2.05) is 0 Å². The fraction of sp³-hybridized carbons (Fsp3) is 0.176. The summed E-state index contributed by atoms with van der Waals surface area (Å²) in [5.41, 5.74) is 1.70. The quantitative estimate of drug-likeness (QED) is 0.0679. The number of amides is 2. The van der Waals surface area contributed by atoms with Crippen molar-refractivity contribution in [1.82, 2.24) is 10.6 Å². The molecule has 1 atom stereocenters. The van der Waals surface area contributed by atoms with Crippen molar-refractivity contribution in [2.24, 2.45) is 10.3 Å². The van der Waals surface area contributed by atoms with Gasteiger partial charge in [-0.1, -0.05) is 16.4 Å². The Labute approximate surface area is 338 Å². The highest BCUT2D eigenvalue weighted by atomic mass is 79.9. The second-order valence-electron chi connectivity index (χ2n) is 11.3. The van der Waals surface area contributed by atoms with Gasteiger partial charge in [-0.15, -0.1) is 0 Å². The summed E-state index contributed by atoms with van der Waals surface area (Å²) in [5.74, 6) is -1.06. The zero-order valence-corrected chi connectivity index (χ0v) is 34.4. The van der Waals surface area contributed by atoms with Crippen molar-refractivity contribution in [1.29, 1.82) is 0 Å². The van der Waals surface area contributed by atoms with E-state index in [2.05, 4.69) is 101 Å². The molecule has 0 saturated carbocycles. The fourth-order valence-corrected chi connectivity index (χ4v) is 7.90. The first-order chi connectivity index (χ1) is 24.8. The Morgan fingerprint density at radius 3 is 1.79 bits per heavy atom. The first-order valence-corrected chi connectivity index (χ1v) is 19.1. The van der Waals surface area contributed by atoms with E-state index < -0.39 is 17.9 Å². The van der Waals surface area contributed by atoms with Gasteiger partial charge in [0.1, 0.15) is 17.2 Å². The number of benzene rings is 4. The number of hydrogen-bond acceptors (Lipinski definition) is 11. The van der Waals surface area contributed by atoms with Gasteiger partial charge < -0.3 is 45.8 Å². The average molecular weight is 1040 g/mol. The van der Waals surface area contributed by atoms with Gasteiger partial charge >= 0.3 is 0 Å². The van der Waals surface area contributed by atoms with Crippen LogP contribution in [0.2, 0.25) is 0 Å². The summed E-state index contributed by atoms with van der Waals surface area (Å²) >= 11 is 17.0. The molecule has 18 heteroatoms. The van der Waals surface area contributed by atoms with E-state index in [0.29, 0.717) is 52.3 Å². The molecule has 8 rings (SSSR count). The minimum absolute atomic E-state index is 0.0208. The van der Waals surface area contributed by atoms with Crippen LogP contribution in [0.15, 0.2) is 87.3 Å². The standard InChI is InChI=1S/C34H27Br5N4O9/c35-19-5-15-1-2-27(19)51-28-11-17(7-21(37)30(28)45)9-25(43-50)34(48)41-14-26(44)18-12-22(38)32(23(39)13-18)52-29-10-16(6-20(36)31(29)46)3-4-40-33(47)24(8-15)42-49/h1-2,5-7,10-13,26,44-46,49-50H,3-4,8-9,14H2,(H,40,47)(H,41,48)/b42-24-,43-25-/t26-/m1/s1. The first kappa shape index (κ1) is 39.5. The number of nitrogens with zero attached hydrogens (tertiary/aromatic N) is 2. The van der Waals surface area contributed by atoms with Crippen LogP contribution in [0.1, 0.15) is 28.4 Å². The Bertz CT molecular complexity index is 2090. The van der Waals surface area contributed by atoms with Gasteiger partial charge in [-0.2, -0.15) is 0 Å². The van der Waals surface area contributed by atoms with Crippen molar-refractivity contribution >= 4 is 103 Å². The minimum atomic E-state index is -1.19. The lowest BCUT2D eigenvalue weighted by molar-refractivity contribution is -0.116. The Hall–Kier alpha value is -3.68. The molecule has 0 aromatic heterocycles. The van der Waals surface area contributed by atoms with Gasteiger partial charge in [0, 0.05) is 25.9 Å². The van der Waals surface area contributed by atoms with Gasteiger partial charge in [-0.3, -0.25) is 9.59 Å². The van der Waals surface area contributed by atoms with Crippen molar-refractivity contribution in [3.63, 3.8) is 0 Å². The lowest BCUT2D eigenvalue weighted by Crippen LogP contribution is -2.35. The number of aromatic hydroxyl groups is 2. The Balaban J connectivity index is 1.49. The number of aliphatic hydroxyl groups is 1. The molecule has 4 aliphatic rings. The van der Waals surface area contributed by atoms with Gasteiger partial charge in [0.2, 0.25) is 0 Å². The van der Waals surface area contributed by atoms with Gasteiger partial charge in [0.25, 0.3) is 11.8 Å². The normalized spacial score (nSPS) is 17.5. The molecule has 4 aromatic carbocycles. The highest BCUT2D eigenvalue weighted by molar-refractivity contribution is 9.11. The molecule has 8 bridgehead atoms. The molecule has 0 saturated heterocycles. The van der Waals surface area contributed by atoms with E-state index in [1.54, 1.807) is 42.5 Å². The van der Waals surface area contributed by atoms with E-state index in [1.165, 1.54) is 12.1 Å². The predicted octanol–water partition coefficient (Wildman–Crippen LogP) is 7.76. The maximum absolute atomic E-state index is 13.0. The van der Waals surface area contributed by atoms with E-state index in [-0.39, 0.29) is 70.6 Å². The number of phenolic OH excluding ortho intramolecular Hbond substituents is 2. The number of phenols is 2. The fourth-order valence-electron chi connectivity index (χ4n) is 5.03. The topological polar surface area (TPSA) is 203 Å². The molecule has 0 aliphatic carbocycles. The second kappa shape index (κ2) is 17.4. The number of halogens is 5. The van der Waals surface area contributed by atoms with Crippen molar-refractivity contribution in [3.05, 3.63) is 99.2 Å². The van der Waals surface area contributed by atoms with Crippen molar-refractivity contribution in [2.75, 3.05) is 13.1 Å². The number of aliphatic hydroxyl groups excluding tert-OH is 1. The van der Waals surface area contributed by atoms with Crippen LogP contribution in [0.4, 0.5) is 0 Å². The molecule has 0 radical (unpaired) electrons. The third kappa shape index (κ3) is 9.45. The maximum Gasteiger partial charge on any atom is 0.269 e. The summed E-state index contributed by atoms with van der Waals surface area (Å²) < 4.78 is 13.9. The van der Waals surface area contributed by atoms with Gasteiger partial charge in [0.05, 0.1) is 28.5 Å². The second-order valence-corrected chi connectivity index (χ2v) is 15.6. The van der Waals surface area contributed by atoms with E-state index in [4.69, 9.17) is 9.47 Å². The van der Waals surface area contributed by atoms with Crippen molar-refractivity contribution in [3.8, 4) is 34.5 Å². The molecule has 2 amide bonds. The molecule has 272 valence electrons. The molecule has 4 aliphatic heterocycles. The molecular formula is C34H27Br5N4O9. The summed E-state index contributed by atoms with van der Waals surface area (Å²) in [6, 6.07) is 14.3. The van der Waals surface area contributed by atoms with Crippen LogP contribution in [0.25, 0.3) is 0 Å². The highest BCUT2D eigenvalue weighted by Gasteiger charge is 2.22. The van der Waals surface area contributed by atoms with Crippen LogP contribution in [-0.4, -0.2) is 62.1 Å². The Morgan fingerprint density at radius 1 is 0.635 bits per heavy atom. The summed E-state index contributed by atoms with van der Waals surface area (Å²) in [5, 5.41) is 63.5. The number of oxime groups is 2. The van der Waals surface area contributed by atoms with Crippen LogP contribution in [-0.2, 0) is 28.9 Å². The molecular weight excluding hydrogens is 1010 g/mol. The molecule has 7 N–H and O–H groups in total. The van der Waals surface area contributed by atoms with Crippen LogP contribution in [0.5, 0.6) is 34.5 Å². The number of hydrogen-bond donors (Lipinski definition) is 7. The lowest BCUT2D eigenvalue weighted by atomic mass is 10.1. The number of rotatable bonds is 0. The van der Waals surface area contributed by atoms with Crippen LogP contribution >= 0.6 is 79.6 Å². The van der Waals surface area contributed by atoms with Crippen LogP contribution < -0.4 is 20.1 Å². The molecule has 0 unspecified atom stereocenters. The predicted molar refractivity (Wildman–Crippen MR) is 208 cm³/mol. The summed E-state index contributed by atoms with van der Waals surface area (Å²) in [7, 11) is 0. The highest BCUT2D eigenvalue weighted by Crippen LogP contribution is 2.44. The lowest BCUT2D eigenvalue weighted by Gasteiger charge is -2.18. The van der Waals surface area contributed by atoms with Crippen LogP contribution in [0, 0.1) is 0 Å². The zero-order chi connectivity index (χ0) is 37.7. The summed E-state index contributed by atoms with van der Waals surface area (Å²) in [6.45, 7) is -0.0855. The third-order valence-electron chi connectivity index (χ3n) is 7.67. The monoisotopic (exact) mass is 1030 g/mol. The number of carbonyl (C=O) groups is 2. The molecule has 0 fully saturated rings. The minimum Gasteiger partial charge on any atom is -0.503 e. The van der Waals surface area contributed by atoms with Crippen LogP contribution in [0.3, 0.4) is 0 Å². The van der Waals surface area contributed by atoms with E-state index in [9.17, 15) is 35.3 Å². The molecule has 13 nitrogen and oxygen atoms in total. The third-order valence-corrected chi connectivity index (χ3v) is 10.7. The maximum atomic E-state index is 13.0. The number of ether oxygens (including phenoxy) is 2. The number of nitrogens with one attached hydrogen (secondary N) is 2. The van der Waals surface area contributed by atoms with Crippen molar-refractivity contribution < 1.29 is 44.8 Å². The first-order valence-electron chi connectivity index (χ1n) is 15.1. The molecule has 52 heavy (non-hydrogen) atoms. The van der Waals surface area contributed by atoms with Gasteiger partial charge in [0.15, 0.2) is 28.7 Å². The summed E-state index contributed by atoms with van der Waals surface area (Å²) in [4.78, 5) is 26.0. The van der Waals surface area contributed by atoms with E-state index in [0.717, 1.165) is 0 Å². The number of carbonyl (C=O) groups excluding carboxylic acids is 2. The Kier molecular flexibility index (Phi) is 13.2. The molecule has 0 spiro atoms. The molecule has 4 aromatic rings. The van der Waals surface area contributed by atoms with Gasteiger partial charge in [-0.25, -0.2) is 0 Å². The Morgan fingerprint density at radius 2 is 1.17 bits per heavy atom. The zero-order valence-electron chi connectivity index (χ0n) is 26.5. The van der Waals surface area contributed by atoms with E-state index >= 15 is 0 Å².